The van der Waals surface area contributed by atoms with E-state index in [1.807, 2.05) is 60.7 Å². The molecule has 178 valence electrons. The summed E-state index contributed by atoms with van der Waals surface area (Å²) < 4.78 is 6.06. The van der Waals surface area contributed by atoms with E-state index in [4.69, 9.17) is 4.74 Å². The third kappa shape index (κ3) is 5.23. The standard InChI is InChI=1S/C30H31N3O2/c31-20-22-10-15-29-27(19-22)26-9-6-18-33(28(26)21-35-29)17-5-4-16-32-30(34)25-13-11-24(12-14-25)23-7-2-1-3-8-23/h1-3,7-8,10-15,19,26,28H,4-6,9,16-18,21H2,(H,32,34). The van der Waals surface area contributed by atoms with Crippen LogP contribution in [0.1, 0.15) is 53.1 Å². The second kappa shape index (κ2) is 10.8. The Kier molecular flexibility index (Phi) is 7.11. The molecule has 2 atom stereocenters. The molecule has 0 aliphatic carbocycles. The average molecular weight is 466 g/mol. The first-order chi connectivity index (χ1) is 17.2. The lowest BCUT2D eigenvalue weighted by atomic mass is 9.81. The Hall–Kier alpha value is -3.62. The van der Waals surface area contributed by atoms with Crippen molar-refractivity contribution < 1.29 is 9.53 Å². The van der Waals surface area contributed by atoms with Crippen LogP contribution in [-0.4, -0.2) is 43.1 Å². The number of benzene rings is 3. The van der Waals surface area contributed by atoms with Crippen molar-refractivity contribution in [3.63, 3.8) is 0 Å². The molecule has 3 aromatic rings. The van der Waals surface area contributed by atoms with Crippen LogP contribution in [0.25, 0.3) is 11.1 Å². The SMILES string of the molecule is N#Cc1ccc2c(c1)C1CCCN(CCCCNC(=O)c3ccc(-c4ccccc4)cc3)C1CO2. The minimum absolute atomic E-state index is 0.0202. The summed E-state index contributed by atoms with van der Waals surface area (Å²) >= 11 is 0. The zero-order valence-electron chi connectivity index (χ0n) is 20.0. The van der Waals surface area contributed by atoms with Gasteiger partial charge in [0.2, 0.25) is 0 Å². The van der Waals surface area contributed by atoms with Crippen LogP contribution in [0.15, 0.2) is 72.8 Å². The highest BCUT2D eigenvalue weighted by Gasteiger charge is 2.37. The molecule has 0 bridgehead atoms. The van der Waals surface area contributed by atoms with E-state index >= 15 is 0 Å². The van der Waals surface area contributed by atoms with Crippen molar-refractivity contribution in [2.45, 2.75) is 37.6 Å². The van der Waals surface area contributed by atoms with Gasteiger partial charge in [-0.25, -0.2) is 0 Å². The Morgan fingerprint density at radius 3 is 2.63 bits per heavy atom. The van der Waals surface area contributed by atoms with E-state index in [-0.39, 0.29) is 5.91 Å². The Morgan fingerprint density at radius 1 is 1.03 bits per heavy atom. The molecule has 2 aliphatic heterocycles. The van der Waals surface area contributed by atoms with Crippen molar-refractivity contribution in [2.75, 3.05) is 26.2 Å². The largest absolute Gasteiger partial charge is 0.492 e. The number of unbranched alkanes of at least 4 members (excludes halogenated alkanes) is 1. The number of amides is 1. The van der Waals surface area contributed by atoms with Crippen LogP contribution in [0.5, 0.6) is 5.75 Å². The summed E-state index contributed by atoms with van der Waals surface area (Å²) in [6, 6.07) is 26.4. The quantitative estimate of drug-likeness (QED) is 0.476. The molecule has 1 saturated heterocycles. The molecular formula is C30H31N3O2. The van der Waals surface area contributed by atoms with Crippen LogP contribution < -0.4 is 10.1 Å². The van der Waals surface area contributed by atoms with E-state index in [1.54, 1.807) is 0 Å². The van der Waals surface area contributed by atoms with Gasteiger partial charge in [-0.2, -0.15) is 5.26 Å². The van der Waals surface area contributed by atoms with Gasteiger partial charge in [0, 0.05) is 23.6 Å². The number of fused-ring (bicyclic) bond motifs is 3. The van der Waals surface area contributed by atoms with Gasteiger partial charge in [-0.05, 0) is 80.2 Å². The molecule has 3 aromatic carbocycles. The number of piperidine rings is 1. The fourth-order valence-electron chi connectivity index (χ4n) is 5.39. The van der Waals surface area contributed by atoms with E-state index in [1.165, 1.54) is 5.56 Å². The summed E-state index contributed by atoms with van der Waals surface area (Å²) in [5, 5.41) is 12.4. The van der Waals surface area contributed by atoms with Gasteiger partial charge in [-0.15, -0.1) is 0 Å². The highest BCUT2D eigenvalue weighted by molar-refractivity contribution is 5.94. The van der Waals surface area contributed by atoms with Crippen LogP contribution in [0.4, 0.5) is 0 Å². The second-order valence-electron chi connectivity index (χ2n) is 9.43. The molecule has 2 aliphatic rings. The van der Waals surface area contributed by atoms with Crippen molar-refractivity contribution >= 4 is 5.91 Å². The number of hydrogen-bond acceptors (Lipinski definition) is 4. The van der Waals surface area contributed by atoms with Gasteiger partial charge in [0.1, 0.15) is 12.4 Å². The Balaban J connectivity index is 1.09. The van der Waals surface area contributed by atoms with E-state index in [9.17, 15) is 10.1 Å². The number of nitriles is 1. The second-order valence-corrected chi connectivity index (χ2v) is 9.43. The van der Waals surface area contributed by atoms with Crippen molar-refractivity contribution in [3.05, 3.63) is 89.5 Å². The van der Waals surface area contributed by atoms with E-state index in [0.717, 1.165) is 55.6 Å². The number of ether oxygens (including phenoxy) is 1. The van der Waals surface area contributed by atoms with Crippen LogP contribution in [-0.2, 0) is 0 Å². The minimum atomic E-state index is -0.0202. The molecule has 0 aromatic heterocycles. The molecule has 0 spiro atoms. The minimum Gasteiger partial charge on any atom is -0.492 e. The average Bonchev–Trinajstić information content (AvgIpc) is 2.93. The smallest absolute Gasteiger partial charge is 0.251 e. The number of nitrogens with one attached hydrogen (secondary N) is 1. The first kappa shape index (κ1) is 23.1. The first-order valence-electron chi connectivity index (χ1n) is 12.6. The molecule has 0 saturated carbocycles. The predicted octanol–water partition coefficient (Wildman–Crippen LogP) is 5.38. The molecule has 5 rings (SSSR count). The molecule has 2 heterocycles. The number of rotatable bonds is 7. The maximum atomic E-state index is 12.6. The van der Waals surface area contributed by atoms with Gasteiger partial charge in [-0.3, -0.25) is 9.69 Å². The van der Waals surface area contributed by atoms with Crippen LogP contribution in [0.3, 0.4) is 0 Å². The fraction of sp³-hybridized carbons (Fsp3) is 0.333. The first-order valence-corrected chi connectivity index (χ1v) is 12.6. The summed E-state index contributed by atoms with van der Waals surface area (Å²) in [5.41, 5.74) is 4.85. The number of carbonyl (C=O) groups is 1. The summed E-state index contributed by atoms with van der Waals surface area (Å²) in [6.07, 6.45) is 4.28. The summed E-state index contributed by atoms with van der Waals surface area (Å²) in [7, 11) is 0. The highest BCUT2D eigenvalue weighted by Crippen LogP contribution is 2.41. The molecule has 1 N–H and O–H groups in total. The van der Waals surface area contributed by atoms with Crippen LogP contribution in [0, 0.1) is 11.3 Å². The molecule has 35 heavy (non-hydrogen) atoms. The third-order valence-corrected chi connectivity index (χ3v) is 7.25. The lowest BCUT2D eigenvalue weighted by Crippen LogP contribution is -2.49. The van der Waals surface area contributed by atoms with Crippen molar-refractivity contribution in [1.82, 2.24) is 10.2 Å². The lowest BCUT2D eigenvalue weighted by molar-refractivity contribution is 0.0645. The molecule has 2 unspecified atom stereocenters. The van der Waals surface area contributed by atoms with Gasteiger partial charge in [0.15, 0.2) is 0 Å². The number of carbonyl (C=O) groups excluding carboxylic acids is 1. The van der Waals surface area contributed by atoms with E-state index in [0.29, 0.717) is 36.2 Å². The van der Waals surface area contributed by atoms with Crippen molar-refractivity contribution in [2.24, 2.45) is 0 Å². The maximum Gasteiger partial charge on any atom is 0.251 e. The Bertz CT molecular complexity index is 1200. The molecule has 5 nitrogen and oxygen atoms in total. The van der Waals surface area contributed by atoms with Gasteiger partial charge in [0.25, 0.3) is 5.91 Å². The maximum absolute atomic E-state index is 12.6. The Labute approximate surface area is 207 Å². The van der Waals surface area contributed by atoms with E-state index in [2.05, 4.69) is 28.4 Å². The van der Waals surface area contributed by atoms with Crippen LogP contribution >= 0.6 is 0 Å². The zero-order chi connectivity index (χ0) is 24.0. The molecule has 5 heteroatoms. The lowest BCUT2D eigenvalue weighted by Gasteiger charge is -2.44. The molecule has 1 fully saturated rings. The van der Waals surface area contributed by atoms with E-state index < -0.39 is 0 Å². The number of hydrogen-bond donors (Lipinski definition) is 1. The van der Waals surface area contributed by atoms with Gasteiger partial charge in [-0.1, -0.05) is 42.5 Å². The summed E-state index contributed by atoms with van der Waals surface area (Å²) in [4.78, 5) is 15.1. The number of likely N-dealkylation sites (tertiary alicyclic amines) is 1. The van der Waals surface area contributed by atoms with Gasteiger partial charge < -0.3 is 10.1 Å². The normalized spacial score (nSPS) is 19.1. The van der Waals surface area contributed by atoms with Crippen molar-refractivity contribution in [1.29, 1.82) is 5.26 Å². The highest BCUT2D eigenvalue weighted by atomic mass is 16.5. The fourth-order valence-corrected chi connectivity index (χ4v) is 5.39. The monoisotopic (exact) mass is 465 g/mol. The summed E-state index contributed by atoms with van der Waals surface area (Å²) in [5.74, 6) is 1.35. The van der Waals surface area contributed by atoms with Gasteiger partial charge >= 0.3 is 0 Å². The molecule has 1 amide bonds. The topological polar surface area (TPSA) is 65.4 Å². The predicted molar refractivity (Wildman–Crippen MR) is 137 cm³/mol. The molecular weight excluding hydrogens is 434 g/mol. The van der Waals surface area contributed by atoms with Gasteiger partial charge in [0.05, 0.1) is 17.7 Å². The number of nitrogens with zero attached hydrogens (tertiary/aromatic N) is 2. The van der Waals surface area contributed by atoms with Crippen LogP contribution in [0.2, 0.25) is 0 Å². The third-order valence-electron chi connectivity index (χ3n) is 7.25. The summed E-state index contributed by atoms with van der Waals surface area (Å²) in [6.45, 7) is 3.46. The van der Waals surface area contributed by atoms with Crippen molar-refractivity contribution in [3.8, 4) is 22.9 Å². The molecule has 0 radical (unpaired) electrons. The zero-order valence-corrected chi connectivity index (χ0v) is 20.0. The Morgan fingerprint density at radius 2 is 1.83 bits per heavy atom.